The van der Waals surface area contributed by atoms with Gasteiger partial charge in [0.1, 0.15) is 5.82 Å². The maximum atomic E-state index is 9.40. The third-order valence-electron chi connectivity index (χ3n) is 5.02. The maximum absolute atomic E-state index is 9.40. The molecule has 1 saturated carbocycles. The van der Waals surface area contributed by atoms with Gasteiger partial charge in [0, 0.05) is 56.8 Å². The average Bonchev–Trinajstić information content (AvgIpc) is 3.12. The third kappa shape index (κ3) is 3.65. The molecule has 1 aliphatic heterocycles. The lowest BCUT2D eigenvalue weighted by Crippen LogP contribution is -2.56. The van der Waals surface area contributed by atoms with Crippen LogP contribution in [0.25, 0.3) is 0 Å². The highest BCUT2D eigenvalue weighted by Crippen LogP contribution is 2.28. The summed E-state index contributed by atoms with van der Waals surface area (Å²) in [7, 11) is 0. The van der Waals surface area contributed by atoms with Gasteiger partial charge in [0.25, 0.3) is 0 Å². The highest BCUT2D eigenvalue weighted by Gasteiger charge is 2.32. The predicted octanol–water partition coefficient (Wildman–Crippen LogP) is 1.53. The van der Waals surface area contributed by atoms with Crippen molar-refractivity contribution in [2.24, 2.45) is 0 Å². The van der Waals surface area contributed by atoms with Crippen LogP contribution in [0, 0.1) is 6.92 Å². The molecular weight excluding hydrogens is 264 g/mol. The zero-order valence-corrected chi connectivity index (χ0v) is 13.1. The number of piperazine rings is 1. The molecule has 3 rings (SSSR count). The van der Waals surface area contributed by atoms with Crippen molar-refractivity contribution in [3.63, 3.8) is 0 Å². The van der Waals surface area contributed by atoms with Gasteiger partial charge in [-0.15, -0.1) is 0 Å². The number of hydrogen-bond donors (Lipinski definition) is 2. The van der Waals surface area contributed by atoms with Crippen molar-refractivity contribution < 1.29 is 5.11 Å². The number of aromatic nitrogens is 2. The van der Waals surface area contributed by atoms with E-state index in [0.29, 0.717) is 12.6 Å². The molecule has 0 amide bonds. The van der Waals surface area contributed by atoms with E-state index in [1.807, 2.05) is 13.1 Å². The van der Waals surface area contributed by atoms with E-state index in [4.69, 9.17) is 0 Å². The molecular formula is C16H28N4O. The number of aliphatic hydroxyl groups excluding tert-OH is 1. The van der Waals surface area contributed by atoms with Crippen LogP contribution in [0.3, 0.4) is 0 Å². The summed E-state index contributed by atoms with van der Waals surface area (Å²) >= 11 is 0. The van der Waals surface area contributed by atoms with Crippen molar-refractivity contribution in [1.82, 2.24) is 19.8 Å². The van der Waals surface area contributed by atoms with Crippen LogP contribution >= 0.6 is 0 Å². The molecule has 1 saturated heterocycles. The predicted molar refractivity (Wildman–Crippen MR) is 83.1 cm³/mol. The summed E-state index contributed by atoms with van der Waals surface area (Å²) in [5.41, 5.74) is 1.20. The van der Waals surface area contributed by atoms with E-state index in [1.165, 1.54) is 31.4 Å². The Bertz CT molecular complexity index is 441. The molecule has 21 heavy (non-hydrogen) atoms. The molecule has 0 aromatic carbocycles. The molecule has 1 aliphatic carbocycles. The minimum Gasteiger partial charge on any atom is -0.396 e. The molecule has 2 N–H and O–H groups in total. The Morgan fingerprint density at radius 1 is 1.33 bits per heavy atom. The fourth-order valence-corrected chi connectivity index (χ4v) is 3.99. The molecule has 0 radical (unpaired) electrons. The Kier molecular flexibility index (Phi) is 4.93. The van der Waals surface area contributed by atoms with E-state index in [9.17, 15) is 5.11 Å². The average molecular weight is 292 g/mol. The quantitative estimate of drug-likeness (QED) is 0.864. The number of aliphatic hydroxyl groups is 1. The normalized spacial score (nSPS) is 25.7. The van der Waals surface area contributed by atoms with Gasteiger partial charge in [0.05, 0.1) is 0 Å². The molecule has 2 heterocycles. The summed E-state index contributed by atoms with van der Waals surface area (Å²) in [4.78, 5) is 12.8. The molecule has 5 nitrogen and oxygen atoms in total. The van der Waals surface area contributed by atoms with Gasteiger partial charge in [-0.05, 0) is 26.2 Å². The molecule has 2 fully saturated rings. The molecule has 2 aliphatic rings. The lowest BCUT2D eigenvalue weighted by molar-refractivity contribution is 0.0263. The van der Waals surface area contributed by atoms with Crippen molar-refractivity contribution in [2.75, 3.05) is 26.2 Å². The van der Waals surface area contributed by atoms with Crippen molar-refractivity contribution in [2.45, 2.75) is 57.7 Å². The highest BCUT2D eigenvalue weighted by atomic mass is 16.3. The van der Waals surface area contributed by atoms with Crippen LogP contribution in [0.2, 0.25) is 0 Å². The van der Waals surface area contributed by atoms with Crippen molar-refractivity contribution in [3.8, 4) is 0 Å². The monoisotopic (exact) mass is 292 g/mol. The van der Waals surface area contributed by atoms with Crippen molar-refractivity contribution in [3.05, 3.63) is 17.7 Å². The number of hydrogen-bond acceptors (Lipinski definition) is 4. The van der Waals surface area contributed by atoms with E-state index >= 15 is 0 Å². The van der Waals surface area contributed by atoms with Gasteiger partial charge in [-0.3, -0.25) is 9.80 Å². The Hall–Kier alpha value is -0.910. The summed E-state index contributed by atoms with van der Waals surface area (Å²) in [6.07, 6.45) is 8.30. The van der Waals surface area contributed by atoms with Gasteiger partial charge in [0.15, 0.2) is 0 Å². The van der Waals surface area contributed by atoms with Gasteiger partial charge < -0.3 is 10.1 Å². The fourth-order valence-electron chi connectivity index (χ4n) is 3.99. The number of aromatic amines is 1. The molecule has 118 valence electrons. The first-order valence-electron chi connectivity index (χ1n) is 8.35. The van der Waals surface area contributed by atoms with E-state index in [1.54, 1.807) is 0 Å². The Morgan fingerprint density at radius 3 is 2.81 bits per heavy atom. The zero-order chi connectivity index (χ0) is 14.7. The Morgan fingerprint density at radius 2 is 2.14 bits per heavy atom. The topological polar surface area (TPSA) is 55.4 Å². The van der Waals surface area contributed by atoms with Gasteiger partial charge >= 0.3 is 0 Å². The van der Waals surface area contributed by atoms with Crippen molar-refractivity contribution in [1.29, 1.82) is 0 Å². The molecule has 0 bridgehead atoms. The SMILES string of the molecule is Cc1ncc(CN2CCN(C3CCCC3)[C@@H](CCO)C2)[nH]1. The van der Waals surface area contributed by atoms with E-state index in [0.717, 1.165) is 44.5 Å². The van der Waals surface area contributed by atoms with Gasteiger partial charge in [-0.25, -0.2) is 4.98 Å². The second-order valence-corrected chi connectivity index (χ2v) is 6.57. The summed E-state index contributed by atoms with van der Waals surface area (Å²) in [5.74, 6) is 0.987. The minimum absolute atomic E-state index is 0.297. The van der Waals surface area contributed by atoms with E-state index in [2.05, 4.69) is 19.8 Å². The molecule has 1 aromatic heterocycles. The Balaban J connectivity index is 1.60. The number of nitrogens with one attached hydrogen (secondary N) is 1. The first-order valence-corrected chi connectivity index (χ1v) is 8.35. The lowest BCUT2D eigenvalue weighted by Gasteiger charge is -2.44. The van der Waals surface area contributed by atoms with Crippen molar-refractivity contribution >= 4 is 0 Å². The molecule has 0 spiro atoms. The Labute approximate surface area is 127 Å². The van der Waals surface area contributed by atoms with Crippen LogP contribution in [0.4, 0.5) is 0 Å². The van der Waals surface area contributed by atoms with E-state index in [-0.39, 0.29) is 0 Å². The molecule has 1 aromatic rings. The lowest BCUT2D eigenvalue weighted by atomic mass is 10.0. The zero-order valence-electron chi connectivity index (χ0n) is 13.1. The maximum Gasteiger partial charge on any atom is 0.103 e. The van der Waals surface area contributed by atoms with Gasteiger partial charge in [-0.2, -0.15) is 0 Å². The molecule has 1 atom stereocenters. The van der Waals surface area contributed by atoms with Crippen LogP contribution in [-0.4, -0.2) is 63.2 Å². The number of nitrogens with zero attached hydrogens (tertiary/aromatic N) is 3. The van der Waals surface area contributed by atoms with Crippen LogP contribution < -0.4 is 0 Å². The highest BCUT2D eigenvalue weighted by molar-refractivity contribution is 5.00. The first-order chi connectivity index (χ1) is 10.3. The largest absolute Gasteiger partial charge is 0.396 e. The van der Waals surface area contributed by atoms with Crippen LogP contribution in [0.5, 0.6) is 0 Å². The smallest absolute Gasteiger partial charge is 0.103 e. The summed E-state index contributed by atoms with van der Waals surface area (Å²) in [5, 5.41) is 9.40. The number of H-pyrrole nitrogens is 1. The third-order valence-corrected chi connectivity index (χ3v) is 5.02. The van der Waals surface area contributed by atoms with Gasteiger partial charge in [-0.1, -0.05) is 12.8 Å². The summed E-state index contributed by atoms with van der Waals surface area (Å²) < 4.78 is 0. The summed E-state index contributed by atoms with van der Waals surface area (Å²) in [6.45, 7) is 6.57. The van der Waals surface area contributed by atoms with Crippen LogP contribution in [-0.2, 0) is 6.54 Å². The molecule has 0 unspecified atom stereocenters. The number of aryl methyl sites for hydroxylation is 1. The fraction of sp³-hybridized carbons (Fsp3) is 0.812. The van der Waals surface area contributed by atoms with Crippen LogP contribution in [0.1, 0.15) is 43.6 Å². The van der Waals surface area contributed by atoms with Crippen LogP contribution in [0.15, 0.2) is 6.20 Å². The first kappa shape index (κ1) is 15.0. The standard InChI is InChI=1S/C16H28N4O/c1-13-17-10-14(18-13)11-19-7-8-20(15-4-2-3-5-15)16(12-19)6-9-21/h10,15-16,21H,2-9,11-12H2,1H3,(H,17,18)/t16-/m0/s1. The minimum atomic E-state index is 0.297. The van der Waals surface area contributed by atoms with Gasteiger partial charge in [0.2, 0.25) is 0 Å². The second kappa shape index (κ2) is 6.90. The summed E-state index contributed by atoms with van der Waals surface area (Å²) in [6, 6.07) is 1.27. The van der Waals surface area contributed by atoms with E-state index < -0.39 is 0 Å². The number of rotatable bonds is 5. The number of imidazole rings is 1. The molecule has 5 heteroatoms. The second-order valence-electron chi connectivity index (χ2n) is 6.57.